The summed E-state index contributed by atoms with van der Waals surface area (Å²) >= 11 is 6.63. The molecule has 1 amide bonds. The Morgan fingerprint density at radius 3 is 2.60 bits per heavy atom. The third kappa shape index (κ3) is 5.72. The van der Waals surface area contributed by atoms with Gasteiger partial charge in [0.15, 0.2) is 9.84 Å². The minimum atomic E-state index is -3.70. The van der Waals surface area contributed by atoms with Crippen molar-refractivity contribution in [1.82, 2.24) is 19.0 Å². The van der Waals surface area contributed by atoms with Gasteiger partial charge >= 0.3 is 0 Å². The van der Waals surface area contributed by atoms with E-state index in [1.165, 1.54) is 4.90 Å². The van der Waals surface area contributed by atoms with Crippen LogP contribution in [0.1, 0.15) is 31.7 Å². The summed E-state index contributed by atoms with van der Waals surface area (Å²) in [7, 11) is -6.90. The maximum atomic E-state index is 13.6. The van der Waals surface area contributed by atoms with E-state index in [1.807, 2.05) is 36.4 Å². The molecule has 4 heterocycles. The topological polar surface area (TPSA) is 110 Å². The van der Waals surface area contributed by atoms with Crippen molar-refractivity contribution in [3.63, 3.8) is 0 Å². The van der Waals surface area contributed by atoms with Crippen LogP contribution in [0.3, 0.4) is 0 Å². The van der Waals surface area contributed by atoms with E-state index in [0.29, 0.717) is 51.5 Å². The average Bonchev–Trinajstić information content (AvgIpc) is 3.63. The number of hydrogen-bond donors (Lipinski definition) is 0. The summed E-state index contributed by atoms with van der Waals surface area (Å²) in [6.45, 7) is 3.05. The van der Waals surface area contributed by atoms with E-state index in [-0.39, 0.29) is 22.3 Å². The van der Waals surface area contributed by atoms with Crippen LogP contribution in [-0.2, 0) is 24.7 Å². The lowest BCUT2D eigenvalue weighted by Gasteiger charge is -2.30. The summed E-state index contributed by atoms with van der Waals surface area (Å²) in [6, 6.07) is 15.8. The number of hydrogen-bond acceptors (Lipinski definition) is 8. The van der Waals surface area contributed by atoms with E-state index in [2.05, 4.69) is 6.92 Å². The number of sulfonamides is 1. The molecule has 0 saturated carbocycles. The van der Waals surface area contributed by atoms with Crippen LogP contribution >= 0.6 is 24.0 Å². The Labute approximate surface area is 255 Å². The van der Waals surface area contributed by atoms with Gasteiger partial charge in [-0.05, 0) is 55.5 Å². The highest BCUT2D eigenvalue weighted by Crippen LogP contribution is 2.38. The molecule has 220 valence electrons. The Bertz CT molecular complexity index is 1800. The molecule has 3 saturated heterocycles. The van der Waals surface area contributed by atoms with Gasteiger partial charge in [-0.15, -0.1) is 0 Å². The molecule has 2 aromatic carbocycles. The number of piperidine rings is 1. The molecule has 9 nitrogen and oxygen atoms in total. The van der Waals surface area contributed by atoms with Gasteiger partial charge in [0.25, 0.3) is 5.91 Å². The molecular weight excluding hydrogens is 613 g/mol. The fourth-order valence-corrected chi connectivity index (χ4v) is 10.4. The van der Waals surface area contributed by atoms with Crippen molar-refractivity contribution in [3.05, 3.63) is 71.3 Å². The monoisotopic (exact) mass is 642 g/mol. The fourth-order valence-electron chi connectivity index (χ4n) is 5.66. The summed E-state index contributed by atoms with van der Waals surface area (Å²) in [5.41, 5.74) is 2.52. The van der Waals surface area contributed by atoms with E-state index in [9.17, 15) is 21.6 Å². The van der Waals surface area contributed by atoms with Gasteiger partial charge in [-0.1, -0.05) is 61.2 Å². The second-order valence-corrected chi connectivity index (χ2v) is 16.8. The van der Waals surface area contributed by atoms with Gasteiger partial charge in [0.2, 0.25) is 10.0 Å². The van der Waals surface area contributed by atoms with Crippen molar-refractivity contribution in [2.75, 3.05) is 24.6 Å². The molecule has 3 aliphatic rings. The summed E-state index contributed by atoms with van der Waals surface area (Å²) in [5, 5.41) is 4.82. The first kappa shape index (κ1) is 29.2. The van der Waals surface area contributed by atoms with E-state index in [4.69, 9.17) is 17.3 Å². The second-order valence-electron chi connectivity index (χ2n) is 11.0. The minimum absolute atomic E-state index is 0.0390. The molecule has 13 heteroatoms. The fraction of sp³-hybridized carbons (Fsp3) is 0.345. The molecular formula is C29H30N4O5S4. The normalized spacial score (nSPS) is 24.1. The third-order valence-corrected chi connectivity index (χ3v) is 12.8. The largest absolute Gasteiger partial charge is 0.289 e. The van der Waals surface area contributed by atoms with Crippen LogP contribution in [0.15, 0.2) is 70.6 Å². The molecule has 3 fully saturated rings. The molecule has 0 aliphatic carbocycles. The Morgan fingerprint density at radius 2 is 1.88 bits per heavy atom. The van der Waals surface area contributed by atoms with Crippen molar-refractivity contribution in [2.45, 2.75) is 37.1 Å². The number of amides is 1. The van der Waals surface area contributed by atoms with E-state index in [0.717, 1.165) is 30.3 Å². The molecule has 0 N–H and O–H groups in total. The van der Waals surface area contributed by atoms with Crippen LogP contribution in [-0.4, -0.2) is 76.7 Å². The molecule has 3 aromatic rings. The van der Waals surface area contributed by atoms with Crippen LogP contribution in [0.4, 0.5) is 0 Å². The molecule has 3 aliphatic heterocycles. The van der Waals surface area contributed by atoms with Crippen LogP contribution in [0.2, 0.25) is 0 Å². The van der Waals surface area contributed by atoms with Gasteiger partial charge in [0.1, 0.15) is 10.0 Å². The Kier molecular flexibility index (Phi) is 7.90. The first-order chi connectivity index (χ1) is 20.0. The van der Waals surface area contributed by atoms with Crippen molar-refractivity contribution in [3.8, 4) is 16.9 Å². The lowest BCUT2D eigenvalue weighted by Crippen LogP contribution is -2.39. The molecule has 42 heavy (non-hydrogen) atoms. The highest BCUT2D eigenvalue weighted by Gasteiger charge is 2.42. The number of thioether (sulfide) groups is 1. The number of carbonyl (C=O) groups excluding carboxylic acids is 1. The van der Waals surface area contributed by atoms with Crippen molar-refractivity contribution in [1.29, 1.82) is 0 Å². The maximum absolute atomic E-state index is 13.6. The number of rotatable bonds is 6. The number of sulfone groups is 1. The molecule has 1 aromatic heterocycles. The molecule has 2 atom stereocenters. The summed E-state index contributed by atoms with van der Waals surface area (Å²) in [5.74, 6) is -0.0905. The average molecular weight is 643 g/mol. The van der Waals surface area contributed by atoms with Gasteiger partial charge < -0.3 is 0 Å². The number of thiocarbonyl (C=S) groups is 1. The molecule has 0 bridgehead atoms. The van der Waals surface area contributed by atoms with Crippen LogP contribution in [0.5, 0.6) is 0 Å². The number of nitrogens with zero attached hydrogens (tertiary/aromatic N) is 4. The van der Waals surface area contributed by atoms with Crippen molar-refractivity contribution >= 4 is 60.1 Å². The SMILES string of the molecule is CC1CCCN(S(=O)(=O)c2cccc(-c3nn(-c4ccccc4)cc3/C=C3\SC(=S)N(C4CCS(=O)(=O)C4)C3=O)c2)C1. The van der Waals surface area contributed by atoms with Crippen LogP contribution in [0, 0.1) is 5.92 Å². The molecule has 0 spiro atoms. The summed E-state index contributed by atoms with van der Waals surface area (Å²) in [4.78, 5) is 15.5. The number of carbonyl (C=O) groups is 1. The Balaban J connectivity index is 1.39. The third-order valence-electron chi connectivity index (χ3n) is 7.81. The number of aromatic nitrogens is 2. The first-order valence-electron chi connectivity index (χ1n) is 13.7. The number of benzene rings is 2. The lowest BCUT2D eigenvalue weighted by atomic mass is 10.0. The van der Waals surface area contributed by atoms with Crippen molar-refractivity contribution in [2.24, 2.45) is 5.92 Å². The van der Waals surface area contributed by atoms with Gasteiger partial charge in [-0.3, -0.25) is 9.69 Å². The Morgan fingerprint density at radius 1 is 1.10 bits per heavy atom. The van der Waals surface area contributed by atoms with Crippen LogP contribution < -0.4 is 0 Å². The van der Waals surface area contributed by atoms with E-state index >= 15 is 0 Å². The first-order valence-corrected chi connectivity index (χ1v) is 18.2. The summed E-state index contributed by atoms with van der Waals surface area (Å²) in [6.07, 6.45) is 5.70. The van der Waals surface area contributed by atoms with Crippen molar-refractivity contribution < 1.29 is 21.6 Å². The lowest BCUT2D eigenvalue weighted by molar-refractivity contribution is -0.123. The zero-order chi connectivity index (χ0) is 29.6. The standard InChI is InChI=1S/C29H30N4O5S4/c1-20-7-6-13-31(17-20)42(37,38)25-11-5-8-21(15-25)27-22(18-32(30-27)23-9-3-2-4-10-23)16-26-28(34)33(29(39)40-26)24-12-14-41(35,36)19-24/h2-5,8-11,15-16,18,20,24H,6-7,12-14,17,19H2,1H3/b26-16-. The quantitative estimate of drug-likeness (QED) is 0.289. The predicted molar refractivity (Wildman–Crippen MR) is 168 cm³/mol. The maximum Gasteiger partial charge on any atom is 0.266 e. The van der Waals surface area contributed by atoms with Gasteiger partial charge in [0, 0.05) is 30.4 Å². The Hall–Kier alpha value is -2.84. The zero-order valence-electron chi connectivity index (χ0n) is 22.9. The van der Waals surface area contributed by atoms with Crippen LogP contribution in [0.25, 0.3) is 23.0 Å². The highest BCUT2D eigenvalue weighted by atomic mass is 32.2. The van der Waals surface area contributed by atoms with E-state index in [1.54, 1.807) is 39.5 Å². The second kappa shape index (κ2) is 11.3. The number of para-hydroxylation sites is 1. The minimum Gasteiger partial charge on any atom is -0.289 e. The summed E-state index contributed by atoms with van der Waals surface area (Å²) < 4.78 is 54.9. The highest BCUT2D eigenvalue weighted by molar-refractivity contribution is 8.26. The van der Waals surface area contributed by atoms with E-state index < -0.39 is 25.9 Å². The van der Waals surface area contributed by atoms with Gasteiger partial charge in [0.05, 0.1) is 33.0 Å². The molecule has 0 radical (unpaired) electrons. The molecule has 6 rings (SSSR count). The zero-order valence-corrected chi connectivity index (χ0v) is 26.2. The van der Waals surface area contributed by atoms with Gasteiger partial charge in [-0.2, -0.15) is 9.40 Å². The predicted octanol–water partition coefficient (Wildman–Crippen LogP) is 4.35. The smallest absolute Gasteiger partial charge is 0.266 e. The van der Waals surface area contributed by atoms with Gasteiger partial charge in [-0.25, -0.2) is 21.5 Å². The molecule has 2 unspecified atom stereocenters.